The van der Waals surface area contributed by atoms with Crippen molar-refractivity contribution in [1.82, 2.24) is 5.32 Å². The molecule has 1 heterocycles. The van der Waals surface area contributed by atoms with Gasteiger partial charge in [0.15, 0.2) is 4.84 Å². The molecule has 9 heteroatoms. The minimum atomic E-state index is -1.19. The number of methoxy groups -OCH3 is 1. The average molecular weight is 493 g/mol. The van der Waals surface area contributed by atoms with Crippen LogP contribution in [0.1, 0.15) is 30.6 Å². The number of para-hydroxylation sites is 2. The second kappa shape index (κ2) is 11.5. The number of carbonyl (C=O) groups excluding carboxylic acids is 2. The second-order valence-electron chi connectivity index (χ2n) is 7.95. The molecule has 178 valence electrons. The Labute approximate surface area is 205 Å². The van der Waals surface area contributed by atoms with Crippen LogP contribution in [0, 0.1) is 0 Å². The molecule has 1 unspecified atom stereocenters. The molecule has 1 fully saturated rings. The predicted molar refractivity (Wildman–Crippen MR) is 135 cm³/mol. The van der Waals surface area contributed by atoms with Gasteiger partial charge < -0.3 is 25.2 Å². The Kier molecular flexibility index (Phi) is 8.69. The summed E-state index contributed by atoms with van der Waals surface area (Å²) in [5, 5.41) is 5.67. The molecule has 3 rings (SSSR count). The van der Waals surface area contributed by atoms with Gasteiger partial charge in [0.05, 0.1) is 18.4 Å². The largest absolute Gasteiger partial charge is 0.495 e. The van der Waals surface area contributed by atoms with Gasteiger partial charge in [-0.1, -0.05) is 42.3 Å². The highest BCUT2D eigenvalue weighted by Crippen LogP contribution is 2.31. The van der Waals surface area contributed by atoms with Crippen LogP contribution < -0.4 is 25.2 Å². The van der Waals surface area contributed by atoms with Gasteiger partial charge in [-0.3, -0.25) is 9.59 Å². The van der Waals surface area contributed by atoms with E-state index in [1.807, 2.05) is 38.1 Å². The average Bonchev–Trinajstić information content (AvgIpc) is 2.83. The number of nitrogens with one attached hydrogen (secondary N) is 2. The Balaban J connectivity index is 1.82. The van der Waals surface area contributed by atoms with Gasteiger partial charge in [-0.25, -0.2) is 0 Å². The van der Waals surface area contributed by atoms with E-state index in [1.54, 1.807) is 19.2 Å². The normalized spacial score (nSPS) is 14.7. The van der Waals surface area contributed by atoms with Crippen LogP contribution in [0.3, 0.4) is 0 Å². The molecule has 2 aromatic rings. The summed E-state index contributed by atoms with van der Waals surface area (Å²) in [7, 11) is 1.67. The molecule has 2 aromatic carbocycles. The first kappa shape index (κ1) is 25.0. The van der Waals surface area contributed by atoms with E-state index in [0.29, 0.717) is 11.3 Å². The Morgan fingerprint density at radius 2 is 1.67 bits per heavy atom. The van der Waals surface area contributed by atoms with Crippen LogP contribution in [-0.4, -0.2) is 56.0 Å². The number of alkyl halides is 2. The fraction of sp³-hybridized carbons (Fsp3) is 0.417. The van der Waals surface area contributed by atoms with Gasteiger partial charge >= 0.3 is 0 Å². The molecule has 0 bridgehead atoms. The Morgan fingerprint density at radius 3 is 2.27 bits per heavy atom. The van der Waals surface area contributed by atoms with Crippen LogP contribution in [-0.2, 0) is 4.79 Å². The van der Waals surface area contributed by atoms with Crippen LogP contribution >= 0.6 is 23.2 Å². The molecule has 0 spiro atoms. The number of hydrogen-bond acceptors (Lipinski definition) is 5. The molecular weight excluding hydrogens is 463 g/mol. The second-order valence-corrected chi connectivity index (χ2v) is 9.05. The number of piperazine rings is 1. The Hall–Kier alpha value is -2.64. The molecule has 1 aliphatic heterocycles. The van der Waals surface area contributed by atoms with Crippen molar-refractivity contribution in [1.29, 1.82) is 0 Å². The first-order valence-electron chi connectivity index (χ1n) is 11.0. The highest BCUT2D eigenvalue weighted by Gasteiger charge is 2.24. The van der Waals surface area contributed by atoms with Gasteiger partial charge in [0.2, 0.25) is 0 Å². The topological polar surface area (TPSA) is 73.9 Å². The van der Waals surface area contributed by atoms with E-state index >= 15 is 0 Å². The smallest absolute Gasteiger partial charge is 0.257 e. The van der Waals surface area contributed by atoms with Crippen molar-refractivity contribution in [3.8, 4) is 5.75 Å². The number of halogens is 2. The van der Waals surface area contributed by atoms with E-state index < -0.39 is 10.7 Å². The number of amides is 2. The number of ether oxygens (including phenoxy) is 1. The Bertz CT molecular complexity index is 978. The fourth-order valence-corrected chi connectivity index (χ4v) is 3.86. The van der Waals surface area contributed by atoms with Crippen molar-refractivity contribution < 1.29 is 14.3 Å². The van der Waals surface area contributed by atoms with Gasteiger partial charge in [-0.2, -0.15) is 0 Å². The van der Waals surface area contributed by atoms with E-state index in [-0.39, 0.29) is 11.9 Å². The number of rotatable bonds is 8. The third-order valence-corrected chi connectivity index (χ3v) is 6.14. The lowest BCUT2D eigenvalue weighted by atomic mass is 10.1. The van der Waals surface area contributed by atoms with Gasteiger partial charge in [0.1, 0.15) is 5.75 Å². The maximum absolute atomic E-state index is 13.1. The molecule has 2 amide bonds. The van der Waals surface area contributed by atoms with Gasteiger partial charge in [-0.05, 0) is 43.7 Å². The number of benzene rings is 2. The van der Waals surface area contributed by atoms with Crippen LogP contribution in [0.2, 0.25) is 0 Å². The van der Waals surface area contributed by atoms with Gasteiger partial charge in [-0.15, -0.1) is 0 Å². The van der Waals surface area contributed by atoms with E-state index in [4.69, 9.17) is 27.9 Å². The van der Waals surface area contributed by atoms with Crippen LogP contribution in [0.5, 0.6) is 5.75 Å². The standard InChI is InChI=1S/C24H30Cl2N4O3/c1-4-16(2)27-23(31)18-15-17(28-24(32)22(25)26)9-10-19(18)29-11-13-30(14-12-29)20-7-5-6-8-21(20)33-3/h5-10,15-16,22H,4,11-14H2,1-3H3,(H,27,31)(H,28,32). The van der Waals surface area contributed by atoms with Crippen molar-refractivity contribution in [3.63, 3.8) is 0 Å². The van der Waals surface area contributed by atoms with Crippen molar-refractivity contribution in [2.24, 2.45) is 0 Å². The SMILES string of the molecule is CCC(C)NC(=O)c1cc(NC(=O)C(Cl)Cl)ccc1N1CCN(c2ccccc2OC)CC1. The summed E-state index contributed by atoms with van der Waals surface area (Å²) in [4.78, 5) is 28.3. The highest BCUT2D eigenvalue weighted by atomic mass is 35.5. The number of hydrogen-bond donors (Lipinski definition) is 2. The zero-order valence-corrected chi connectivity index (χ0v) is 20.6. The summed E-state index contributed by atoms with van der Waals surface area (Å²) in [5.74, 6) is 0.122. The van der Waals surface area contributed by atoms with Crippen molar-refractivity contribution in [2.75, 3.05) is 48.4 Å². The van der Waals surface area contributed by atoms with E-state index in [9.17, 15) is 9.59 Å². The lowest BCUT2D eigenvalue weighted by molar-refractivity contribution is -0.114. The van der Waals surface area contributed by atoms with Crippen LogP contribution in [0.25, 0.3) is 0 Å². The minimum absolute atomic E-state index is 0.0288. The number of anilines is 3. The van der Waals surface area contributed by atoms with Crippen molar-refractivity contribution >= 4 is 52.1 Å². The molecule has 7 nitrogen and oxygen atoms in total. The van der Waals surface area contributed by atoms with E-state index in [2.05, 4.69) is 26.5 Å². The molecule has 0 radical (unpaired) electrons. The molecule has 1 atom stereocenters. The van der Waals surface area contributed by atoms with E-state index in [0.717, 1.165) is 49.7 Å². The third-order valence-electron chi connectivity index (χ3n) is 5.74. The monoisotopic (exact) mass is 492 g/mol. The Morgan fingerprint density at radius 1 is 1.03 bits per heavy atom. The summed E-state index contributed by atoms with van der Waals surface area (Å²) in [6.07, 6.45) is 0.815. The maximum atomic E-state index is 13.1. The minimum Gasteiger partial charge on any atom is -0.495 e. The van der Waals surface area contributed by atoms with Crippen LogP contribution in [0.15, 0.2) is 42.5 Å². The molecule has 2 N–H and O–H groups in total. The molecule has 0 aliphatic carbocycles. The first-order chi connectivity index (χ1) is 15.8. The molecular formula is C24H30Cl2N4O3. The molecule has 1 aliphatic rings. The zero-order chi connectivity index (χ0) is 24.0. The van der Waals surface area contributed by atoms with Gasteiger partial charge in [0.25, 0.3) is 11.8 Å². The lowest BCUT2D eigenvalue weighted by Gasteiger charge is -2.38. The fourth-order valence-electron chi connectivity index (χ4n) is 3.75. The molecule has 0 saturated carbocycles. The summed E-state index contributed by atoms with van der Waals surface area (Å²) in [6, 6.07) is 13.3. The van der Waals surface area contributed by atoms with Gasteiger partial charge in [0, 0.05) is 43.6 Å². The molecule has 33 heavy (non-hydrogen) atoms. The number of carbonyl (C=O) groups is 2. The first-order valence-corrected chi connectivity index (χ1v) is 11.9. The lowest BCUT2D eigenvalue weighted by Crippen LogP contribution is -2.47. The zero-order valence-electron chi connectivity index (χ0n) is 19.1. The molecule has 1 saturated heterocycles. The van der Waals surface area contributed by atoms with E-state index in [1.165, 1.54) is 0 Å². The summed E-state index contributed by atoms with van der Waals surface area (Å²) >= 11 is 11.3. The summed E-state index contributed by atoms with van der Waals surface area (Å²) in [6.45, 7) is 7.01. The van der Waals surface area contributed by atoms with Crippen molar-refractivity contribution in [3.05, 3.63) is 48.0 Å². The summed E-state index contributed by atoms with van der Waals surface area (Å²) in [5.41, 5.74) is 2.85. The maximum Gasteiger partial charge on any atom is 0.257 e. The molecule has 0 aromatic heterocycles. The highest BCUT2D eigenvalue weighted by molar-refractivity contribution is 6.54. The van der Waals surface area contributed by atoms with Crippen molar-refractivity contribution in [2.45, 2.75) is 31.1 Å². The van der Waals surface area contributed by atoms with Crippen LogP contribution in [0.4, 0.5) is 17.1 Å². The third kappa shape index (κ3) is 6.24. The summed E-state index contributed by atoms with van der Waals surface area (Å²) < 4.78 is 5.51. The quantitative estimate of drug-likeness (QED) is 0.537. The number of nitrogens with zero attached hydrogens (tertiary/aromatic N) is 2. The predicted octanol–water partition coefficient (Wildman–Crippen LogP) is 4.29.